The zero-order valence-corrected chi connectivity index (χ0v) is 20.2. The first kappa shape index (κ1) is 23.3. The fourth-order valence-electron chi connectivity index (χ4n) is 4.12. The number of carbonyl (C=O) groups excluding carboxylic acids is 1. The summed E-state index contributed by atoms with van der Waals surface area (Å²) in [5, 5.41) is 23.0. The quantitative estimate of drug-likeness (QED) is 0.339. The Hall–Kier alpha value is -3.49. The molecule has 8 heteroatoms. The molecular formula is C27H32N6O2. The smallest absolute Gasteiger partial charge is 0.255 e. The number of aromatic nitrogens is 2. The van der Waals surface area contributed by atoms with Gasteiger partial charge < -0.3 is 26.4 Å². The van der Waals surface area contributed by atoms with Crippen molar-refractivity contribution in [1.29, 1.82) is 0 Å². The number of carbonyl (C=O) groups is 1. The molecule has 2 aliphatic rings. The second-order valence-electron chi connectivity index (χ2n) is 9.99. The zero-order valence-electron chi connectivity index (χ0n) is 20.2. The summed E-state index contributed by atoms with van der Waals surface area (Å²) < 4.78 is 0. The van der Waals surface area contributed by atoms with Crippen molar-refractivity contribution in [3.05, 3.63) is 71.2 Å². The second kappa shape index (κ2) is 9.64. The highest BCUT2D eigenvalue weighted by atomic mass is 16.3. The van der Waals surface area contributed by atoms with Crippen LogP contribution in [-0.4, -0.2) is 40.2 Å². The Morgan fingerprint density at radius 3 is 2.71 bits per heavy atom. The summed E-state index contributed by atoms with van der Waals surface area (Å²) in [7, 11) is 0. The molecule has 0 radical (unpaired) electrons. The van der Waals surface area contributed by atoms with E-state index in [0.717, 1.165) is 49.4 Å². The molecule has 1 fully saturated rings. The standard InChI is InChI=1S/C27H32N6O2/c1-27(2,16-34)24-12-21(8-10-29-24)31-23-13-25(30-15-22(23)26(35)33-19-5-6-19)32-20-4-3-17-7-9-28-14-18(17)11-20/h3-4,8,10-13,15,19,28,34H,5-7,9,14,16H2,1-2H3,(H,33,35)(H2,29,30,31,32). The van der Waals surface area contributed by atoms with E-state index >= 15 is 0 Å². The van der Waals surface area contributed by atoms with Crippen LogP contribution in [0.15, 0.2) is 48.8 Å². The van der Waals surface area contributed by atoms with Crippen molar-refractivity contribution in [1.82, 2.24) is 20.6 Å². The van der Waals surface area contributed by atoms with Crippen LogP contribution < -0.4 is 21.3 Å². The van der Waals surface area contributed by atoms with Gasteiger partial charge in [-0.25, -0.2) is 4.98 Å². The number of hydrogen-bond donors (Lipinski definition) is 5. The number of amides is 1. The van der Waals surface area contributed by atoms with E-state index in [-0.39, 0.29) is 18.6 Å². The summed E-state index contributed by atoms with van der Waals surface area (Å²) in [5.74, 6) is 0.503. The molecule has 1 saturated carbocycles. The molecule has 1 aliphatic heterocycles. The van der Waals surface area contributed by atoms with Crippen LogP contribution in [0.3, 0.4) is 0 Å². The number of nitrogens with one attached hydrogen (secondary N) is 4. The maximum absolute atomic E-state index is 12.9. The van der Waals surface area contributed by atoms with E-state index in [4.69, 9.17) is 0 Å². The minimum Gasteiger partial charge on any atom is -0.395 e. The number of aliphatic hydroxyl groups excluding tert-OH is 1. The Morgan fingerprint density at radius 2 is 1.91 bits per heavy atom. The Bertz CT molecular complexity index is 1240. The third-order valence-corrected chi connectivity index (χ3v) is 6.55. The third kappa shape index (κ3) is 5.44. The molecule has 0 saturated heterocycles. The van der Waals surface area contributed by atoms with Gasteiger partial charge in [0.2, 0.25) is 0 Å². The van der Waals surface area contributed by atoms with Crippen LogP contribution in [0, 0.1) is 0 Å². The summed E-state index contributed by atoms with van der Waals surface area (Å²) in [4.78, 5) is 21.9. The van der Waals surface area contributed by atoms with Gasteiger partial charge in [0.1, 0.15) is 5.82 Å². The first-order chi connectivity index (χ1) is 16.9. The van der Waals surface area contributed by atoms with Crippen molar-refractivity contribution in [2.75, 3.05) is 23.8 Å². The number of fused-ring (bicyclic) bond motifs is 1. The molecule has 1 aliphatic carbocycles. The fraction of sp³-hybridized carbons (Fsp3) is 0.370. The topological polar surface area (TPSA) is 111 Å². The molecule has 8 nitrogen and oxygen atoms in total. The molecule has 3 heterocycles. The Labute approximate surface area is 205 Å². The predicted molar refractivity (Wildman–Crippen MR) is 137 cm³/mol. The van der Waals surface area contributed by atoms with Crippen LogP contribution in [0.5, 0.6) is 0 Å². The van der Waals surface area contributed by atoms with Crippen LogP contribution in [0.4, 0.5) is 22.9 Å². The number of hydrogen-bond acceptors (Lipinski definition) is 7. The predicted octanol–water partition coefficient (Wildman–Crippen LogP) is 3.77. The first-order valence-electron chi connectivity index (χ1n) is 12.2. The van der Waals surface area contributed by atoms with Crippen LogP contribution >= 0.6 is 0 Å². The van der Waals surface area contributed by atoms with Gasteiger partial charge >= 0.3 is 0 Å². The molecule has 5 N–H and O–H groups in total. The van der Waals surface area contributed by atoms with Gasteiger partial charge in [-0.05, 0) is 61.2 Å². The summed E-state index contributed by atoms with van der Waals surface area (Å²) in [5.41, 5.74) is 5.83. The maximum Gasteiger partial charge on any atom is 0.255 e. The average Bonchev–Trinajstić information content (AvgIpc) is 3.68. The van der Waals surface area contributed by atoms with Crippen molar-refractivity contribution in [2.45, 2.75) is 51.1 Å². The summed E-state index contributed by atoms with van der Waals surface area (Å²) in [6.45, 7) is 5.73. The van der Waals surface area contributed by atoms with Gasteiger partial charge in [-0.15, -0.1) is 0 Å². The normalized spacial score (nSPS) is 15.3. The van der Waals surface area contributed by atoms with Crippen molar-refractivity contribution in [3.8, 4) is 0 Å². The van der Waals surface area contributed by atoms with E-state index < -0.39 is 5.41 Å². The lowest BCUT2D eigenvalue weighted by molar-refractivity contribution is 0.0951. The minimum atomic E-state index is -0.476. The highest BCUT2D eigenvalue weighted by Crippen LogP contribution is 2.29. The number of benzene rings is 1. The van der Waals surface area contributed by atoms with Crippen molar-refractivity contribution < 1.29 is 9.90 Å². The Balaban J connectivity index is 1.44. The molecule has 1 amide bonds. The van der Waals surface area contributed by atoms with E-state index in [2.05, 4.69) is 49.4 Å². The maximum atomic E-state index is 12.9. The molecule has 1 aromatic carbocycles. The van der Waals surface area contributed by atoms with Crippen LogP contribution in [0.2, 0.25) is 0 Å². The van der Waals surface area contributed by atoms with Crippen LogP contribution in [0.25, 0.3) is 0 Å². The summed E-state index contributed by atoms with van der Waals surface area (Å²) in [6, 6.07) is 12.2. The fourth-order valence-corrected chi connectivity index (χ4v) is 4.12. The van der Waals surface area contributed by atoms with Gasteiger partial charge in [-0.1, -0.05) is 19.9 Å². The van der Waals surface area contributed by atoms with E-state index in [0.29, 0.717) is 17.1 Å². The molecule has 2 aromatic heterocycles. The molecule has 0 spiro atoms. The molecule has 182 valence electrons. The number of aliphatic hydroxyl groups is 1. The molecule has 35 heavy (non-hydrogen) atoms. The van der Waals surface area contributed by atoms with Crippen molar-refractivity contribution >= 4 is 28.8 Å². The lowest BCUT2D eigenvalue weighted by Gasteiger charge is -2.22. The minimum absolute atomic E-state index is 0.0158. The summed E-state index contributed by atoms with van der Waals surface area (Å²) in [6.07, 6.45) is 6.38. The van der Waals surface area contributed by atoms with E-state index in [9.17, 15) is 9.90 Å². The van der Waals surface area contributed by atoms with Crippen LogP contribution in [0.1, 0.15) is 53.9 Å². The molecule has 0 bridgehead atoms. The lowest BCUT2D eigenvalue weighted by Crippen LogP contribution is -2.26. The molecular weight excluding hydrogens is 440 g/mol. The van der Waals surface area contributed by atoms with Crippen molar-refractivity contribution in [2.24, 2.45) is 0 Å². The monoisotopic (exact) mass is 472 g/mol. The zero-order chi connectivity index (χ0) is 24.4. The Kier molecular flexibility index (Phi) is 6.40. The van der Waals surface area contributed by atoms with Gasteiger partial charge in [0.05, 0.1) is 23.6 Å². The second-order valence-corrected chi connectivity index (χ2v) is 9.99. The van der Waals surface area contributed by atoms with Gasteiger partial charge in [-0.2, -0.15) is 0 Å². The van der Waals surface area contributed by atoms with E-state index in [1.54, 1.807) is 12.4 Å². The molecule has 5 rings (SSSR count). The molecule has 0 atom stereocenters. The Morgan fingerprint density at radius 1 is 1.09 bits per heavy atom. The van der Waals surface area contributed by atoms with Gasteiger partial charge in [0, 0.05) is 47.8 Å². The van der Waals surface area contributed by atoms with E-state index in [1.165, 1.54) is 11.1 Å². The number of anilines is 4. The number of rotatable bonds is 8. The summed E-state index contributed by atoms with van der Waals surface area (Å²) >= 11 is 0. The molecule has 0 unspecified atom stereocenters. The largest absolute Gasteiger partial charge is 0.395 e. The van der Waals surface area contributed by atoms with Crippen molar-refractivity contribution in [3.63, 3.8) is 0 Å². The lowest BCUT2D eigenvalue weighted by atomic mass is 9.90. The molecule has 3 aromatic rings. The van der Waals surface area contributed by atoms with Gasteiger partial charge in [0.15, 0.2) is 0 Å². The average molecular weight is 473 g/mol. The van der Waals surface area contributed by atoms with E-state index in [1.807, 2.05) is 32.0 Å². The highest BCUT2D eigenvalue weighted by molar-refractivity contribution is 6.00. The first-order valence-corrected chi connectivity index (χ1v) is 12.2. The number of pyridine rings is 2. The third-order valence-electron chi connectivity index (χ3n) is 6.55. The number of nitrogens with zero attached hydrogens (tertiary/aromatic N) is 2. The van der Waals surface area contributed by atoms with Gasteiger partial charge in [-0.3, -0.25) is 9.78 Å². The van der Waals surface area contributed by atoms with Crippen LogP contribution in [-0.2, 0) is 18.4 Å². The van der Waals surface area contributed by atoms with Gasteiger partial charge in [0.25, 0.3) is 5.91 Å². The highest BCUT2D eigenvalue weighted by Gasteiger charge is 2.26. The SMILES string of the molecule is CC(C)(CO)c1cc(Nc2cc(Nc3ccc4c(c3)CNCC4)ncc2C(=O)NC2CC2)ccn1.